The van der Waals surface area contributed by atoms with Crippen molar-refractivity contribution in [2.45, 2.75) is 13.3 Å². The van der Waals surface area contributed by atoms with E-state index >= 15 is 0 Å². The van der Waals surface area contributed by atoms with Crippen molar-refractivity contribution < 1.29 is 14.0 Å². The Hall–Kier alpha value is -1.10. The summed E-state index contributed by atoms with van der Waals surface area (Å²) >= 11 is 3.11. The summed E-state index contributed by atoms with van der Waals surface area (Å²) in [7, 11) is 0. The number of carbonyl (C=O) groups is 2. The lowest BCUT2D eigenvalue weighted by atomic mass is 10.1. The first kappa shape index (κ1) is 10.4. The number of likely N-dealkylation sites (tertiary alicyclic amines) is 1. The van der Waals surface area contributed by atoms with Crippen molar-refractivity contribution in [3.05, 3.63) is 22.6 Å². The lowest BCUT2D eigenvalue weighted by Gasteiger charge is -2.12. The molecule has 5 heteroatoms. The number of nitrogens with zero attached hydrogens (tertiary/aromatic N) is 1. The normalized spacial score (nSPS) is 21.1. The average molecular weight is 272 g/mol. The molecule has 0 N–H and O–H groups in total. The summed E-state index contributed by atoms with van der Waals surface area (Å²) in [6.45, 7) is 2.34. The second kappa shape index (κ2) is 3.81. The van der Waals surface area contributed by atoms with E-state index < -0.39 is 0 Å². The van der Waals surface area contributed by atoms with Gasteiger partial charge in [0.1, 0.15) is 6.26 Å². The van der Waals surface area contributed by atoms with Crippen molar-refractivity contribution >= 4 is 27.7 Å². The molecule has 1 saturated heterocycles. The minimum atomic E-state index is -0.279. The number of furan rings is 1. The van der Waals surface area contributed by atoms with Gasteiger partial charge in [-0.3, -0.25) is 14.5 Å². The van der Waals surface area contributed by atoms with Gasteiger partial charge in [-0.15, -0.1) is 0 Å². The summed E-state index contributed by atoms with van der Waals surface area (Å²) in [4.78, 5) is 24.7. The number of hydrogen-bond acceptors (Lipinski definition) is 3. The Labute approximate surface area is 95.4 Å². The summed E-state index contributed by atoms with van der Waals surface area (Å²) in [6.07, 6.45) is 2.09. The van der Waals surface area contributed by atoms with E-state index in [1.165, 1.54) is 11.2 Å². The molecular formula is C10H10BrNO3. The van der Waals surface area contributed by atoms with E-state index in [2.05, 4.69) is 15.9 Å². The molecule has 0 bridgehead atoms. The van der Waals surface area contributed by atoms with Crippen LogP contribution in [0.4, 0.5) is 0 Å². The van der Waals surface area contributed by atoms with Gasteiger partial charge in [-0.05, 0) is 22.4 Å². The van der Waals surface area contributed by atoms with Gasteiger partial charge in [0.05, 0.1) is 5.56 Å². The quantitative estimate of drug-likeness (QED) is 0.735. The molecule has 0 aromatic carbocycles. The fourth-order valence-electron chi connectivity index (χ4n) is 1.60. The van der Waals surface area contributed by atoms with Crippen LogP contribution in [0.3, 0.4) is 0 Å². The molecule has 1 aliphatic rings. The topological polar surface area (TPSA) is 50.5 Å². The van der Waals surface area contributed by atoms with Crippen LogP contribution in [0.15, 0.2) is 21.4 Å². The van der Waals surface area contributed by atoms with Crippen molar-refractivity contribution in [1.29, 1.82) is 0 Å². The van der Waals surface area contributed by atoms with Crippen LogP contribution in [0.5, 0.6) is 0 Å². The fraction of sp³-hybridized carbons (Fsp3) is 0.400. The third-order valence-corrected chi connectivity index (χ3v) is 2.95. The second-order valence-electron chi connectivity index (χ2n) is 3.62. The summed E-state index contributed by atoms with van der Waals surface area (Å²) < 4.78 is 5.46. The Morgan fingerprint density at radius 3 is 2.87 bits per heavy atom. The van der Waals surface area contributed by atoms with Crippen LogP contribution in [0.25, 0.3) is 0 Å². The molecular weight excluding hydrogens is 262 g/mol. The fourth-order valence-corrected chi connectivity index (χ4v) is 1.94. The number of amides is 2. The molecule has 15 heavy (non-hydrogen) atoms. The van der Waals surface area contributed by atoms with Gasteiger partial charge in [0.15, 0.2) is 4.67 Å². The zero-order chi connectivity index (χ0) is 11.0. The molecule has 80 valence electrons. The number of imide groups is 1. The van der Waals surface area contributed by atoms with Crippen LogP contribution in [-0.2, 0) is 4.79 Å². The van der Waals surface area contributed by atoms with Gasteiger partial charge in [-0.25, -0.2) is 0 Å². The van der Waals surface area contributed by atoms with Gasteiger partial charge < -0.3 is 4.42 Å². The molecule has 2 rings (SSSR count). The predicted molar refractivity (Wildman–Crippen MR) is 56.2 cm³/mol. The minimum absolute atomic E-state index is 0.0516. The molecule has 0 spiro atoms. The van der Waals surface area contributed by atoms with E-state index in [1.54, 1.807) is 6.07 Å². The molecule has 2 amide bonds. The maximum Gasteiger partial charge on any atom is 0.263 e. The molecule has 0 radical (unpaired) electrons. The Morgan fingerprint density at radius 1 is 1.67 bits per heavy atom. The predicted octanol–water partition coefficient (Wildman–Crippen LogP) is 2.05. The molecule has 1 atom stereocenters. The maximum atomic E-state index is 11.8. The van der Waals surface area contributed by atoms with Crippen LogP contribution in [0.1, 0.15) is 23.7 Å². The highest BCUT2D eigenvalue weighted by Crippen LogP contribution is 2.21. The lowest BCUT2D eigenvalue weighted by Crippen LogP contribution is -2.33. The van der Waals surface area contributed by atoms with Crippen LogP contribution in [0, 0.1) is 5.92 Å². The smallest absolute Gasteiger partial charge is 0.263 e. The molecule has 1 aromatic rings. The first-order valence-electron chi connectivity index (χ1n) is 4.69. The maximum absolute atomic E-state index is 11.8. The zero-order valence-corrected chi connectivity index (χ0v) is 9.78. The molecule has 4 nitrogen and oxygen atoms in total. The standard InChI is InChI=1S/C10H10BrNO3/c1-6-2-3-12(9(6)13)10(14)7-4-8(11)15-5-7/h4-6H,2-3H2,1H3. The Balaban J connectivity index is 2.19. The van der Waals surface area contributed by atoms with Crippen molar-refractivity contribution in [2.24, 2.45) is 5.92 Å². The highest BCUT2D eigenvalue weighted by Gasteiger charge is 2.33. The summed E-state index contributed by atoms with van der Waals surface area (Å²) in [5.74, 6) is -0.430. The highest BCUT2D eigenvalue weighted by molar-refractivity contribution is 9.10. The average Bonchev–Trinajstić information content (AvgIpc) is 2.75. The van der Waals surface area contributed by atoms with E-state index in [1.807, 2.05) is 6.92 Å². The Kier molecular flexibility index (Phi) is 2.65. The van der Waals surface area contributed by atoms with Gasteiger partial charge in [0, 0.05) is 18.5 Å². The molecule has 2 heterocycles. The van der Waals surface area contributed by atoms with Gasteiger partial charge in [0.25, 0.3) is 5.91 Å². The van der Waals surface area contributed by atoms with E-state index in [0.29, 0.717) is 16.8 Å². The Bertz CT molecular complexity index is 413. The molecule has 0 aliphatic carbocycles. The van der Waals surface area contributed by atoms with E-state index in [-0.39, 0.29) is 17.7 Å². The molecule has 1 fully saturated rings. The summed E-state index contributed by atoms with van der Waals surface area (Å²) in [5.41, 5.74) is 0.407. The molecule has 1 aliphatic heterocycles. The molecule has 1 aromatic heterocycles. The van der Waals surface area contributed by atoms with E-state index in [9.17, 15) is 9.59 Å². The van der Waals surface area contributed by atoms with Gasteiger partial charge in [0.2, 0.25) is 5.91 Å². The van der Waals surface area contributed by atoms with E-state index in [0.717, 1.165) is 6.42 Å². The second-order valence-corrected chi connectivity index (χ2v) is 4.41. The highest BCUT2D eigenvalue weighted by atomic mass is 79.9. The zero-order valence-electron chi connectivity index (χ0n) is 8.20. The first-order chi connectivity index (χ1) is 7.09. The first-order valence-corrected chi connectivity index (χ1v) is 5.48. The van der Waals surface area contributed by atoms with Crippen molar-refractivity contribution in [1.82, 2.24) is 4.90 Å². The molecule has 1 unspecified atom stereocenters. The SMILES string of the molecule is CC1CCN(C(=O)c2coc(Br)c2)C1=O. The van der Waals surface area contributed by atoms with Gasteiger partial charge in [-0.1, -0.05) is 6.92 Å². The summed E-state index contributed by atoms with van der Waals surface area (Å²) in [6, 6.07) is 1.57. The molecule has 0 saturated carbocycles. The number of rotatable bonds is 1. The number of carbonyl (C=O) groups excluding carboxylic acids is 2. The van der Waals surface area contributed by atoms with Crippen LogP contribution >= 0.6 is 15.9 Å². The van der Waals surface area contributed by atoms with Crippen LogP contribution in [0.2, 0.25) is 0 Å². The van der Waals surface area contributed by atoms with Gasteiger partial charge >= 0.3 is 0 Å². The third kappa shape index (κ3) is 1.84. The van der Waals surface area contributed by atoms with Crippen LogP contribution < -0.4 is 0 Å². The van der Waals surface area contributed by atoms with Crippen molar-refractivity contribution in [2.75, 3.05) is 6.54 Å². The summed E-state index contributed by atoms with van der Waals surface area (Å²) in [5, 5.41) is 0. The number of halogens is 1. The third-order valence-electron chi connectivity index (χ3n) is 2.53. The largest absolute Gasteiger partial charge is 0.457 e. The number of hydrogen-bond donors (Lipinski definition) is 0. The Morgan fingerprint density at radius 2 is 2.40 bits per heavy atom. The van der Waals surface area contributed by atoms with Crippen LogP contribution in [-0.4, -0.2) is 23.3 Å². The monoisotopic (exact) mass is 271 g/mol. The minimum Gasteiger partial charge on any atom is -0.457 e. The lowest BCUT2D eigenvalue weighted by molar-refractivity contribution is -0.128. The van der Waals surface area contributed by atoms with Gasteiger partial charge in [-0.2, -0.15) is 0 Å². The van der Waals surface area contributed by atoms with Crippen molar-refractivity contribution in [3.8, 4) is 0 Å². The van der Waals surface area contributed by atoms with Crippen molar-refractivity contribution in [3.63, 3.8) is 0 Å². The van der Waals surface area contributed by atoms with E-state index in [4.69, 9.17) is 4.42 Å².